The second kappa shape index (κ2) is 6.65. The number of hydrogen-bond acceptors (Lipinski definition) is 3. The Morgan fingerprint density at radius 2 is 2.04 bits per heavy atom. The minimum absolute atomic E-state index is 0.0102. The van der Waals surface area contributed by atoms with Gasteiger partial charge in [-0.05, 0) is 48.7 Å². The molecule has 132 valence electrons. The molecule has 2 aromatic rings. The molecule has 0 spiro atoms. The van der Waals surface area contributed by atoms with E-state index in [9.17, 15) is 17.6 Å². The zero-order chi connectivity index (χ0) is 18.2. The number of carbonyl (C=O) groups excluding carboxylic acids is 1. The molecule has 25 heavy (non-hydrogen) atoms. The number of aryl methyl sites for hydroxylation is 1. The van der Waals surface area contributed by atoms with Crippen molar-refractivity contribution in [1.82, 2.24) is 0 Å². The van der Waals surface area contributed by atoms with Gasteiger partial charge in [-0.25, -0.2) is 12.8 Å². The van der Waals surface area contributed by atoms with Crippen molar-refractivity contribution in [3.63, 3.8) is 0 Å². The largest absolute Gasteiger partial charge is 0.312 e. The lowest BCUT2D eigenvalue weighted by Gasteiger charge is -2.28. The van der Waals surface area contributed by atoms with Crippen LogP contribution in [0.1, 0.15) is 18.9 Å². The van der Waals surface area contributed by atoms with Crippen molar-refractivity contribution in [2.45, 2.75) is 24.7 Å². The minimum atomic E-state index is -3.98. The number of nitrogens with zero attached hydrogens (tertiary/aromatic N) is 1. The number of sulfonamides is 1. The zero-order valence-corrected chi connectivity index (χ0v) is 15.0. The van der Waals surface area contributed by atoms with Crippen LogP contribution in [0.4, 0.5) is 15.8 Å². The van der Waals surface area contributed by atoms with E-state index in [1.165, 1.54) is 37.3 Å². The van der Waals surface area contributed by atoms with Gasteiger partial charge in [0.15, 0.2) is 5.82 Å². The van der Waals surface area contributed by atoms with Crippen molar-refractivity contribution < 1.29 is 17.6 Å². The standard InChI is InChI=1S/C17H16ClFN2O3S/c1-11(22)21-9-3-4-12-10-13(7-8-16(12)21)25(23,24)20-15-6-2-5-14(18)17(15)19/h2,5-8,10,20H,3-4,9H2,1H3. The Balaban J connectivity index is 1.96. The lowest BCUT2D eigenvalue weighted by Crippen LogP contribution is -2.33. The van der Waals surface area contributed by atoms with Crippen LogP contribution in [0, 0.1) is 5.82 Å². The van der Waals surface area contributed by atoms with Gasteiger partial charge < -0.3 is 4.90 Å². The predicted octanol–water partition coefficient (Wildman–Crippen LogP) is 3.58. The third-order valence-electron chi connectivity index (χ3n) is 4.06. The fourth-order valence-corrected chi connectivity index (χ4v) is 4.14. The number of carbonyl (C=O) groups is 1. The second-order valence-corrected chi connectivity index (χ2v) is 7.86. The van der Waals surface area contributed by atoms with Crippen molar-refractivity contribution in [3.8, 4) is 0 Å². The Kier molecular flexibility index (Phi) is 4.71. The maximum absolute atomic E-state index is 14.0. The fraction of sp³-hybridized carbons (Fsp3) is 0.235. The van der Waals surface area contributed by atoms with Crippen LogP contribution < -0.4 is 9.62 Å². The maximum Gasteiger partial charge on any atom is 0.261 e. The van der Waals surface area contributed by atoms with E-state index < -0.39 is 15.8 Å². The molecule has 0 saturated heterocycles. The second-order valence-electron chi connectivity index (χ2n) is 5.77. The Bertz CT molecular complexity index is 947. The van der Waals surface area contributed by atoms with Crippen molar-refractivity contribution in [1.29, 1.82) is 0 Å². The first kappa shape index (κ1) is 17.7. The van der Waals surface area contributed by atoms with E-state index in [2.05, 4.69) is 4.72 Å². The number of hydrogen-bond donors (Lipinski definition) is 1. The number of rotatable bonds is 3. The highest BCUT2D eigenvalue weighted by molar-refractivity contribution is 7.92. The summed E-state index contributed by atoms with van der Waals surface area (Å²) in [7, 11) is -3.98. The highest BCUT2D eigenvalue weighted by Gasteiger charge is 2.23. The zero-order valence-electron chi connectivity index (χ0n) is 13.4. The number of benzene rings is 2. The first-order chi connectivity index (χ1) is 11.8. The monoisotopic (exact) mass is 382 g/mol. The molecule has 0 bridgehead atoms. The molecule has 0 aliphatic carbocycles. The molecule has 1 N–H and O–H groups in total. The molecule has 0 saturated carbocycles. The van der Waals surface area contributed by atoms with Gasteiger partial charge in [0.05, 0.1) is 15.6 Å². The van der Waals surface area contributed by atoms with Gasteiger partial charge in [0.2, 0.25) is 5.91 Å². The highest BCUT2D eigenvalue weighted by atomic mass is 35.5. The predicted molar refractivity (Wildman–Crippen MR) is 95.0 cm³/mol. The molecular formula is C17H16ClFN2O3S. The van der Waals surface area contributed by atoms with Crippen LogP contribution in [-0.4, -0.2) is 20.9 Å². The van der Waals surface area contributed by atoms with E-state index in [4.69, 9.17) is 11.6 Å². The summed E-state index contributed by atoms with van der Waals surface area (Å²) in [5, 5.41) is -0.164. The molecule has 5 nitrogen and oxygen atoms in total. The van der Waals surface area contributed by atoms with Crippen molar-refractivity contribution in [3.05, 3.63) is 52.8 Å². The SMILES string of the molecule is CC(=O)N1CCCc2cc(S(=O)(=O)Nc3cccc(Cl)c3F)ccc21. The average molecular weight is 383 g/mol. The maximum atomic E-state index is 14.0. The molecular weight excluding hydrogens is 367 g/mol. The van der Waals surface area contributed by atoms with Crippen LogP contribution in [0.2, 0.25) is 5.02 Å². The molecule has 0 unspecified atom stereocenters. The summed E-state index contributed by atoms with van der Waals surface area (Å²) in [5.41, 5.74) is 1.28. The van der Waals surface area contributed by atoms with Gasteiger partial charge in [0.1, 0.15) is 0 Å². The molecule has 0 radical (unpaired) electrons. The number of amides is 1. The molecule has 2 aromatic carbocycles. The Hall–Kier alpha value is -2.12. The van der Waals surface area contributed by atoms with E-state index in [0.717, 1.165) is 12.0 Å². The number of halogens is 2. The lowest BCUT2D eigenvalue weighted by molar-refractivity contribution is -0.116. The summed E-state index contributed by atoms with van der Waals surface area (Å²) in [5.74, 6) is -0.913. The smallest absolute Gasteiger partial charge is 0.261 e. The molecule has 0 atom stereocenters. The van der Waals surface area contributed by atoms with Gasteiger partial charge in [-0.1, -0.05) is 17.7 Å². The normalized spacial score (nSPS) is 14.1. The van der Waals surface area contributed by atoms with Gasteiger partial charge in [-0.2, -0.15) is 0 Å². The van der Waals surface area contributed by atoms with Gasteiger partial charge in [-0.15, -0.1) is 0 Å². The van der Waals surface area contributed by atoms with Gasteiger partial charge in [0.25, 0.3) is 10.0 Å². The van der Waals surface area contributed by atoms with Crippen molar-refractivity contribution in [2.24, 2.45) is 0 Å². The van der Waals surface area contributed by atoms with E-state index in [1.807, 2.05) is 0 Å². The molecule has 3 rings (SSSR count). The molecule has 0 aromatic heterocycles. The van der Waals surface area contributed by atoms with Crippen LogP contribution in [0.15, 0.2) is 41.3 Å². The van der Waals surface area contributed by atoms with Gasteiger partial charge in [0, 0.05) is 19.2 Å². The lowest BCUT2D eigenvalue weighted by atomic mass is 10.0. The van der Waals surface area contributed by atoms with E-state index in [1.54, 1.807) is 11.0 Å². The van der Waals surface area contributed by atoms with E-state index in [-0.39, 0.29) is 21.5 Å². The van der Waals surface area contributed by atoms with Crippen LogP contribution in [0.5, 0.6) is 0 Å². The highest BCUT2D eigenvalue weighted by Crippen LogP contribution is 2.31. The fourth-order valence-electron chi connectivity index (χ4n) is 2.85. The number of nitrogens with one attached hydrogen (secondary N) is 1. The summed E-state index contributed by atoms with van der Waals surface area (Å²) < 4.78 is 41.3. The third kappa shape index (κ3) is 3.48. The molecule has 8 heteroatoms. The van der Waals surface area contributed by atoms with Crippen LogP contribution >= 0.6 is 11.6 Å². The van der Waals surface area contributed by atoms with E-state index >= 15 is 0 Å². The Morgan fingerprint density at radius 1 is 1.28 bits per heavy atom. The quantitative estimate of drug-likeness (QED) is 0.882. The number of anilines is 2. The summed E-state index contributed by atoms with van der Waals surface area (Å²) in [6.07, 6.45) is 1.43. The van der Waals surface area contributed by atoms with Crippen LogP contribution in [-0.2, 0) is 21.2 Å². The molecule has 1 aliphatic heterocycles. The average Bonchev–Trinajstić information content (AvgIpc) is 2.57. The van der Waals surface area contributed by atoms with Gasteiger partial charge >= 0.3 is 0 Å². The van der Waals surface area contributed by atoms with Crippen molar-refractivity contribution >= 4 is 38.9 Å². The molecule has 1 amide bonds. The molecule has 1 heterocycles. The minimum Gasteiger partial charge on any atom is -0.312 e. The molecule has 1 aliphatic rings. The summed E-state index contributed by atoms with van der Waals surface area (Å²) in [6.45, 7) is 2.09. The summed E-state index contributed by atoms with van der Waals surface area (Å²) in [6, 6.07) is 8.64. The Labute approximate surface area is 150 Å². The summed E-state index contributed by atoms with van der Waals surface area (Å²) in [4.78, 5) is 13.3. The third-order valence-corrected chi connectivity index (χ3v) is 5.71. The Morgan fingerprint density at radius 3 is 2.76 bits per heavy atom. The first-order valence-electron chi connectivity index (χ1n) is 7.67. The van der Waals surface area contributed by atoms with Crippen molar-refractivity contribution in [2.75, 3.05) is 16.2 Å². The van der Waals surface area contributed by atoms with Gasteiger partial charge in [-0.3, -0.25) is 9.52 Å². The topological polar surface area (TPSA) is 66.5 Å². The molecule has 0 fully saturated rings. The first-order valence-corrected chi connectivity index (χ1v) is 9.53. The van der Waals surface area contributed by atoms with Crippen LogP contribution in [0.3, 0.4) is 0 Å². The van der Waals surface area contributed by atoms with E-state index in [0.29, 0.717) is 18.7 Å². The number of fused-ring (bicyclic) bond motifs is 1. The summed E-state index contributed by atoms with van der Waals surface area (Å²) >= 11 is 5.68. The van der Waals surface area contributed by atoms with Crippen LogP contribution in [0.25, 0.3) is 0 Å².